The maximum atomic E-state index is 12.0. The van der Waals surface area contributed by atoms with Crippen molar-refractivity contribution in [3.63, 3.8) is 0 Å². The molecule has 128 valence electrons. The van der Waals surface area contributed by atoms with Gasteiger partial charge in [0.1, 0.15) is 16.0 Å². The first-order valence-electron chi connectivity index (χ1n) is 8.15. The van der Waals surface area contributed by atoms with E-state index in [4.69, 9.17) is 4.74 Å². The molecule has 2 heterocycles. The maximum absolute atomic E-state index is 12.0. The van der Waals surface area contributed by atoms with Crippen LogP contribution in [0, 0.1) is 18.3 Å². The third-order valence-electron chi connectivity index (χ3n) is 4.01. The molecule has 0 saturated heterocycles. The van der Waals surface area contributed by atoms with E-state index in [0.29, 0.717) is 22.7 Å². The van der Waals surface area contributed by atoms with Crippen molar-refractivity contribution in [1.29, 1.82) is 5.26 Å². The van der Waals surface area contributed by atoms with E-state index in [1.165, 1.54) is 11.3 Å². The van der Waals surface area contributed by atoms with E-state index in [1.807, 2.05) is 24.4 Å². The summed E-state index contributed by atoms with van der Waals surface area (Å²) >= 11 is 1.32. The number of nitrogens with zero attached hydrogens (tertiary/aromatic N) is 3. The summed E-state index contributed by atoms with van der Waals surface area (Å²) in [6.07, 6.45) is 1.89. The quantitative estimate of drug-likeness (QED) is 0.637. The van der Waals surface area contributed by atoms with Crippen molar-refractivity contribution in [2.24, 2.45) is 0 Å². The highest BCUT2D eigenvalue weighted by atomic mass is 32.1. The van der Waals surface area contributed by atoms with E-state index in [-0.39, 0.29) is 12.0 Å². The summed E-state index contributed by atoms with van der Waals surface area (Å²) in [5, 5.41) is 11.1. The molecule has 0 aliphatic rings. The molecule has 0 bridgehead atoms. The normalized spacial score (nSPS) is 11.0. The zero-order valence-corrected chi connectivity index (χ0v) is 15.5. The lowest BCUT2D eigenvalue weighted by Crippen LogP contribution is -2.03. The summed E-state index contributed by atoms with van der Waals surface area (Å²) in [6, 6.07) is 8.49. The molecule has 6 heteroatoms. The molecular weight excluding hydrogens is 334 g/mol. The second-order valence-corrected chi connectivity index (χ2v) is 7.04. The smallest absolute Gasteiger partial charge is 0.350 e. The fraction of sp³-hybridized carbons (Fsp3) is 0.316. The van der Waals surface area contributed by atoms with E-state index in [9.17, 15) is 10.1 Å². The lowest BCUT2D eigenvalue weighted by molar-refractivity contribution is 0.0531. The van der Waals surface area contributed by atoms with E-state index in [0.717, 1.165) is 21.5 Å². The molecule has 0 fully saturated rings. The number of thiazole rings is 1. The molecule has 0 atom stereocenters. The van der Waals surface area contributed by atoms with Crippen LogP contribution in [0.4, 0.5) is 0 Å². The van der Waals surface area contributed by atoms with Crippen LogP contribution in [0.15, 0.2) is 24.4 Å². The number of carbonyl (C=O) groups is 1. The van der Waals surface area contributed by atoms with Gasteiger partial charge in [-0.1, -0.05) is 0 Å². The first kappa shape index (κ1) is 17.2. The molecule has 0 radical (unpaired) electrons. The van der Waals surface area contributed by atoms with Crippen LogP contribution in [0.2, 0.25) is 0 Å². The summed E-state index contributed by atoms with van der Waals surface area (Å²) in [5.74, 6) is -0.339. The second kappa shape index (κ2) is 6.69. The predicted molar refractivity (Wildman–Crippen MR) is 98.8 cm³/mol. The van der Waals surface area contributed by atoms with Crippen molar-refractivity contribution in [3.05, 3.63) is 40.5 Å². The van der Waals surface area contributed by atoms with Gasteiger partial charge in [-0.25, -0.2) is 9.78 Å². The van der Waals surface area contributed by atoms with E-state index >= 15 is 0 Å². The molecule has 0 N–H and O–H groups in total. The molecule has 0 aliphatic heterocycles. The van der Waals surface area contributed by atoms with E-state index in [1.54, 1.807) is 13.8 Å². The Hall–Kier alpha value is -2.65. The molecule has 0 aliphatic carbocycles. The number of aromatic nitrogens is 2. The Morgan fingerprint density at radius 3 is 2.84 bits per heavy atom. The van der Waals surface area contributed by atoms with Gasteiger partial charge in [0.25, 0.3) is 0 Å². The minimum Gasteiger partial charge on any atom is -0.462 e. The number of carbonyl (C=O) groups excluding carboxylic acids is 1. The number of aryl methyl sites for hydroxylation is 1. The van der Waals surface area contributed by atoms with Crippen LogP contribution in [0.25, 0.3) is 21.5 Å². The Bertz CT molecular complexity index is 992. The standard InChI is InChI=1S/C19H19N3O2S/c1-5-24-19(23)17-12(4)21-18(25-17)13-6-7-16-15(8-13)14(9-20)10-22(16)11(2)3/h6-8,10-11H,5H2,1-4H3. The Morgan fingerprint density at radius 1 is 1.44 bits per heavy atom. The monoisotopic (exact) mass is 353 g/mol. The lowest BCUT2D eigenvalue weighted by Gasteiger charge is -2.09. The fourth-order valence-corrected chi connectivity index (χ4v) is 3.77. The molecule has 0 saturated carbocycles. The van der Waals surface area contributed by atoms with Gasteiger partial charge in [0.15, 0.2) is 0 Å². The number of esters is 1. The molecule has 3 aromatic rings. The molecule has 5 nitrogen and oxygen atoms in total. The zero-order valence-electron chi connectivity index (χ0n) is 14.7. The van der Waals surface area contributed by atoms with Gasteiger partial charge in [0.2, 0.25) is 0 Å². The summed E-state index contributed by atoms with van der Waals surface area (Å²) in [5.41, 5.74) is 3.23. The first-order chi connectivity index (χ1) is 12.0. The first-order valence-corrected chi connectivity index (χ1v) is 8.97. The van der Waals surface area contributed by atoms with E-state index < -0.39 is 0 Å². The van der Waals surface area contributed by atoms with E-state index in [2.05, 4.69) is 29.5 Å². The number of hydrogen-bond donors (Lipinski definition) is 0. The molecule has 0 unspecified atom stereocenters. The van der Waals surface area contributed by atoms with Gasteiger partial charge < -0.3 is 9.30 Å². The highest BCUT2D eigenvalue weighted by molar-refractivity contribution is 7.17. The van der Waals surface area contributed by atoms with Crippen LogP contribution < -0.4 is 0 Å². The predicted octanol–water partition coefficient (Wildman–Crippen LogP) is 4.70. The average Bonchev–Trinajstić information content (AvgIpc) is 3.15. The fourth-order valence-electron chi connectivity index (χ4n) is 2.81. The second-order valence-electron chi connectivity index (χ2n) is 6.04. The third-order valence-corrected chi connectivity index (χ3v) is 5.20. The summed E-state index contributed by atoms with van der Waals surface area (Å²) in [4.78, 5) is 17.0. The van der Waals surface area contributed by atoms with Crippen molar-refractivity contribution >= 4 is 28.2 Å². The van der Waals surface area contributed by atoms with Crippen molar-refractivity contribution in [2.45, 2.75) is 33.7 Å². The van der Waals surface area contributed by atoms with Crippen molar-refractivity contribution in [3.8, 4) is 16.6 Å². The summed E-state index contributed by atoms with van der Waals surface area (Å²) in [7, 11) is 0. The SMILES string of the molecule is CCOC(=O)c1sc(-c2ccc3c(c2)c(C#N)cn3C(C)C)nc1C. The van der Waals surface area contributed by atoms with Crippen LogP contribution in [-0.2, 0) is 4.74 Å². The summed E-state index contributed by atoms with van der Waals surface area (Å²) in [6.45, 7) is 8.10. The Balaban J connectivity index is 2.10. The minimum atomic E-state index is -0.339. The average molecular weight is 353 g/mol. The van der Waals surface area contributed by atoms with Crippen LogP contribution >= 0.6 is 11.3 Å². The Kier molecular flexibility index (Phi) is 4.60. The van der Waals surface area contributed by atoms with Gasteiger partial charge in [-0.05, 0) is 45.9 Å². The Labute approximate surface area is 150 Å². The van der Waals surface area contributed by atoms with Crippen LogP contribution in [0.5, 0.6) is 0 Å². The van der Waals surface area contributed by atoms with Crippen LogP contribution in [-0.4, -0.2) is 22.1 Å². The number of nitriles is 1. The van der Waals surface area contributed by atoms with Crippen molar-refractivity contribution in [1.82, 2.24) is 9.55 Å². The molecule has 0 amide bonds. The topological polar surface area (TPSA) is 67.9 Å². The maximum Gasteiger partial charge on any atom is 0.350 e. The minimum absolute atomic E-state index is 0.271. The van der Waals surface area contributed by atoms with Crippen LogP contribution in [0.1, 0.15) is 47.7 Å². The van der Waals surface area contributed by atoms with Gasteiger partial charge in [-0.15, -0.1) is 11.3 Å². The zero-order chi connectivity index (χ0) is 18.1. The van der Waals surface area contributed by atoms with Crippen molar-refractivity contribution < 1.29 is 9.53 Å². The molecule has 0 spiro atoms. The lowest BCUT2D eigenvalue weighted by atomic mass is 10.1. The number of fused-ring (bicyclic) bond motifs is 1. The number of benzene rings is 1. The molecule has 1 aromatic carbocycles. The highest BCUT2D eigenvalue weighted by Gasteiger charge is 2.18. The molecule has 25 heavy (non-hydrogen) atoms. The van der Waals surface area contributed by atoms with Crippen LogP contribution in [0.3, 0.4) is 0 Å². The highest BCUT2D eigenvalue weighted by Crippen LogP contribution is 2.33. The van der Waals surface area contributed by atoms with Crippen molar-refractivity contribution in [2.75, 3.05) is 6.61 Å². The number of ether oxygens (including phenoxy) is 1. The Morgan fingerprint density at radius 2 is 2.20 bits per heavy atom. The van der Waals surface area contributed by atoms with Gasteiger partial charge in [0, 0.05) is 28.7 Å². The van der Waals surface area contributed by atoms with Gasteiger partial charge in [-0.2, -0.15) is 5.26 Å². The van der Waals surface area contributed by atoms with Gasteiger partial charge in [0.05, 0.1) is 17.9 Å². The molecule has 2 aromatic heterocycles. The van der Waals surface area contributed by atoms with Gasteiger partial charge >= 0.3 is 5.97 Å². The third kappa shape index (κ3) is 3.03. The van der Waals surface area contributed by atoms with Gasteiger partial charge in [-0.3, -0.25) is 0 Å². The number of rotatable bonds is 4. The number of hydrogen-bond acceptors (Lipinski definition) is 5. The molecular formula is C19H19N3O2S. The molecule has 3 rings (SSSR count). The summed E-state index contributed by atoms with van der Waals surface area (Å²) < 4.78 is 7.17. The largest absolute Gasteiger partial charge is 0.462 e.